The van der Waals surface area contributed by atoms with Crippen molar-refractivity contribution in [3.8, 4) is 0 Å². The molecule has 0 spiro atoms. The highest BCUT2D eigenvalue weighted by Crippen LogP contribution is 2.20. The number of carbonyl (C=O) groups is 2. The van der Waals surface area contributed by atoms with Crippen LogP contribution in [0.3, 0.4) is 0 Å². The Hall–Kier alpha value is -1.92. The SMILES string of the molecule is Cc1cccc(NC(=O)C2CN(C(C)C)CCO2)c1C(N)=O. The molecular formula is C16H23N3O3. The second kappa shape index (κ2) is 6.89. The number of hydrogen-bond donors (Lipinski definition) is 2. The number of primary amides is 1. The van der Waals surface area contributed by atoms with Gasteiger partial charge in [-0.1, -0.05) is 12.1 Å². The largest absolute Gasteiger partial charge is 0.366 e. The molecule has 0 radical (unpaired) electrons. The number of nitrogens with two attached hydrogens (primary N) is 1. The number of hydrogen-bond acceptors (Lipinski definition) is 4. The molecule has 2 amide bonds. The van der Waals surface area contributed by atoms with E-state index < -0.39 is 12.0 Å². The van der Waals surface area contributed by atoms with Crippen molar-refractivity contribution in [1.29, 1.82) is 0 Å². The predicted molar refractivity (Wildman–Crippen MR) is 84.8 cm³/mol. The molecule has 1 aromatic carbocycles. The first-order chi connectivity index (χ1) is 10.4. The molecule has 22 heavy (non-hydrogen) atoms. The van der Waals surface area contributed by atoms with Crippen LogP contribution in [0.1, 0.15) is 29.8 Å². The number of carbonyl (C=O) groups excluding carboxylic acids is 2. The zero-order chi connectivity index (χ0) is 16.3. The number of nitrogens with one attached hydrogen (secondary N) is 1. The van der Waals surface area contributed by atoms with E-state index in [1.807, 2.05) is 0 Å². The molecule has 6 heteroatoms. The van der Waals surface area contributed by atoms with E-state index in [2.05, 4.69) is 24.1 Å². The summed E-state index contributed by atoms with van der Waals surface area (Å²) in [6.45, 7) is 7.85. The van der Waals surface area contributed by atoms with Crippen molar-refractivity contribution in [3.05, 3.63) is 29.3 Å². The first kappa shape index (κ1) is 16.5. The van der Waals surface area contributed by atoms with Crippen molar-refractivity contribution in [3.63, 3.8) is 0 Å². The van der Waals surface area contributed by atoms with Crippen LogP contribution in [-0.4, -0.2) is 48.6 Å². The minimum atomic E-state index is -0.554. The second-order valence-electron chi connectivity index (χ2n) is 5.80. The number of benzene rings is 1. The van der Waals surface area contributed by atoms with Crippen LogP contribution >= 0.6 is 0 Å². The fourth-order valence-electron chi connectivity index (χ4n) is 2.61. The van der Waals surface area contributed by atoms with Gasteiger partial charge in [-0.25, -0.2) is 0 Å². The van der Waals surface area contributed by atoms with E-state index in [0.717, 1.165) is 12.1 Å². The normalized spacial score (nSPS) is 19.2. The minimum absolute atomic E-state index is 0.251. The number of ether oxygens (including phenoxy) is 1. The van der Waals surface area contributed by atoms with Crippen molar-refractivity contribution in [1.82, 2.24) is 4.90 Å². The maximum Gasteiger partial charge on any atom is 0.254 e. The van der Waals surface area contributed by atoms with E-state index in [4.69, 9.17) is 10.5 Å². The van der Waals surface area contributed by atoms with Gasteiger partial charge in [0.2, 0.25) is 0 Å². The molecule has 0 saturated carbocycles. The van der Waals surface area contributed by atoms with Crippen LogP contribution in [0.25, 0.3) is 0 Å². The Morgan fingerprint density at radius 1 is 1.41 bits per heavy atom. The molecule has 1 atom stereocenters. The first-order valence-electron chi connectivity index (χ1n) is 7.46. The summed E-state index contributed by atoms with van der Waals surface area (Å²) in [5.74, 6) is -0.805. The van der Waals surface area contributed by atoms with Gasteiger partial charge in [0.05, 0.1) is 17.9 Å². The van der Waals surface area contributed by atoms with Gasteiger partial charge >= 0.3 is 0 Å². The van der Waals surface area contributed by atoms with E-state index in [9.17, 15) is 9.59 Å². The quantitative estimate of drug-likeness (QED) is 0.873. The van der Waals surface area contributed by atoms with Gasteiger partial charge in [-0.05, 0) is 32.4 Å². The summed E-state index contributed by atoms with van der Waals surface area (Å²) < 4.78 is 5.55. The van der Waals surface area contributed by atoms with Crippen LogP contribution in [0.2, 0.25) is 0 Å². The average molecular weight is 305 g/mol. The highest BCUT2D eigenvalue weighted by atomic mass is 16.5. The maximum atomic E-state index is 12.4. The first-order valence-corrected chi connectivity index (χ1v) is 7.46. The summed E-state index contributed by atoms with van der Waals surface area (Å²) in [7, 11) is 0. The summed E-state index contributed by atoms with van der Waals surface area (Å²) in [4.78, 5) is 26.2. The molecule has 6 nitrogen and oxygen atoms in total. The molecule has 1 heterocycles. The lowest BCUT2D eigenvalue weighted by Gasteiger charge is -2.34. The van der Waals surface area contributed by atoms with Crippen LogP contribution in [0, 0.1) is 6.92 Å². The Morgan fingerprint density at radius 2 is 2.14 bits per heavy atom. The molecule has 1 aromatic rings. The van der Waals surface area contributed by atoms with Gasteiger partial charge in [0.1, 0.15) is 6.10 Å². The molecular weight excluding hydrogens is 282 g/mol. The van der Waals surface area contributed by atoms with Crippen LogP contribution < -0.4 is 11.1 Å². The van der Waals surface area contributed by atoms with Gasteiger partial charge in [0, 0.05) is 19.1 Å². The Bertz CT molecular complexity index is 572. The topological polar surface area (TPSA) is 84.7 Å². The number of morpholine rings is 1. The van der Waals surface area contributed by atoms with Crippen LogP contribution in [-0.2, 0) is 9.53 Å². The predicted octanol–water partition coefficient (Wildman–Crippen LogP) is 1.14. The Kier molecular flexibility index (Phi) is 5.15. The van der Waals surface area contributed by atoms with E-state index in [0.29, 0.717) is 30.4 Å². The zero-order valence-electron chi connectivity index (χ0n) is 13.3. The smallest absolute Gasteiger partial charge is 0.254 e. The van der Waals surface area contributed by atoms with E-state index in [1.54, 1.807) is 25.1 Å². The Morgan fingerprint density at radius 3 is 2.77 bits per heavy atom. The van der Waals surface area contributed by atoms with Gasteiger partial charge in [0.15, 0.2) is 0 Å². The summed E-state index contributed by atoms with van der Waals surface area (Å²) in [6, 6.07) is 5.60. The zero-order valence-corrected chi connectivity index (χ0v) is 13.3. The molecule has 0 aromatic heterocycles. The molecule has 1 aliphatic heterocycles. The second-order valence-corrected chi connectivity index (χ2v) is 5.80. The maximum absolute atomic E-state index is 12.4. The monoisotopic (exact) mass is 305 g/mol. The third-order valence-corrected chi connectivity index (χ3v) is 3.90. The van der Waals surface area contributed by atoms with Gasteiger partial charge < -0.3 is 15.8 Å². The standard InChI is InChI=1S/C16H23N3O3/c1-10(2)19-7-8-22-13(9-19)16(21)18-12-6-4-5-11(3)14(12)15(17)20/h4-6,10,13H,7-9H2,1-3H3,(H2,17,20)(H,18,21). The number of rotatable bonds is 4. The molecule has 3 N–H and O–H groups in total. The Labute approximate surface area is 130 Å². The van der Waals surface area contributed by atoms with Crippen LogP contribution in [0.15, 0.2) is 18.2 Å². The molecule has 1 unspecified atom stereocenters. The highest BCUT2D eigenvalue weighted by molar-refractivity contribution is 6.05. The molecule has 1 aliphatic rings. The highest BCUT2D eigenvalue weighted by Gasteiger charge is 2.28. The van der Waals surface area contributed by atoms with Crippen molar-refractivity contribution in [2.24, 2.45) is 5.73 Å². The molecule has 1 saturated heterocycles. The Balaban J connectivity index is 2.12. The lowest BCUT2D eigenvalue weighted by Crippen LogP contribution is -2.50. The van der Waals surface area contributed by atoms with Crippen molar-refractivity contribution in [2.75, 3.05) is 25.0 Å². The van der Waals surface area contributed by atoms with Gasteiger partial charge in [-0.3, -0.25) is 14.5 Å². The molecule has 0 bridgehead atoms. The van der Waals surface area contributed by atoms with Gasteiger partial charge in [-0.2, -0.15) is 0 Å². The van der Waals surface area contributed by atoms with Gasteiger partial charge in [-0.15, -0.1) is 0 Å². The van der Waals surface area contributed by atoms with Gasteiger partial charge in [0.25, 0.3) is 11.8 Å². The molecule has 2 rings (SSSR count). The average Bonchev–Trinajstić information content (AvgIpc) is 2.47. The molecule has 120 valence electrons. The molecule has 0 aliphatic carbocycles. The van der Waals surface area contributed by atoms with E-state index >= 15 is 0 Å². The van der Waals surface area contributed by atoms with E-state index in [1.165, 1.54) is 0 Å². The summed E-state index contributed by atoms with van der Waals surface area (Å²) in [5.41, 5.74) is 6.91. The lowest BCUT2D eigenvalue weighted by atomic mass is 10.1. The summed E-state index contributed by atoms with van der Waals surface area (Å²) >= 11 is 0. The third kappa shape index (κ3) is 3.64. The number of nitrogens with zero attached hydrogens (tertiary/aromatic N) is 1. The van der Waals surface area contributed by atoms with E-state index in [-0.39, 0.29) is 5.91 Å². The summed E-state index contributed by atoms with van der Waals surface area (Å²) in [5, 5.41) is 2.77. The van der Waals surface area contributed by atoms with Crippen molar-refractivity contribution in [2.45, 2.75) is 32.9 Å². The third-order valence-electron chi connectivity index (χ3n) is 3.90. The lowest BCUT2D eigenvalue weighted by molar-refractivity contribution is -0.133. The van der Waals surface area contributed by atoms with Crippen LogP contribution in [0.5, 0.6) is 0 Å². The van der Waals surface area contributed by atoms with Crippen molar-refractivity contribution < 1.29 is 14.3 Å². The minimum Gasteiger partial charge on any atom is -0.366 e. The fourth-order valence-corrected chi connectivity index (χ4v) is 2.61. The summed E-state index contributed by atoms with van der Waals surface area (Å²) in [6.07, 6.45) is -0.544. The number of amides is 2. The number of anilines is 1. The number of aryl methyl sites for hydroxylation is 1. The molecule has 1 fully saturated rings. The van der Waals surface area contributed by atoms with Crippen molar-refractivity contribution >= 4 is 17.5 Å². The fraction of sp³-hybridized carbons (Fsp3) is 0.500. The van der Waals surface area contributed by atoms with Crippen LogP contribution in [0.4, 0.5) is 5.69 Å².